The quantitative estimate of drug-likeness (QED) is 0.285. The van der Waals surface area contributed by atoms with E-state index in [1.54, 1.807) is 22.5 Å². The van der Waals surface area contributed by atoms with Gasteiger partial charge in [-0.2, -0.15) is 15.5 Å². The third-order valence-electron chi connectivity index (χ3n) is 6.52. The Labute approximate surface area is 216 Å². The van der Waals surface area contributed by atoms with Crippen LogP contribution >= 0.6 is 0 Å². The van der Waals surface area contributed by atoms with Crippen LogP contribution in [0.2, 0.25) is 0 Å². The minimum Gasteiger partial charge on any atom is -0.377 e. The summed E-state index contributed by atoms with van der Waals surface area (Å²) >= 11 is 0. The van der Waals surface area contributed by atoms with Gasteiger partial charge in [0, 0.05) is 74.5 Å². The summed E-state index contributed by atoms with van der Waals surface area (Å²) in [5.74, 6) is 6.96. The molecule has 9 nitrogen and oxygen atoms in total. The zero-order valence-electron chi connectivity index (χ0n) is 21.1. The molecule has 37 heavy (non-hydrogen) atoms. The molecule has 0 bridgehead atoms. The van der Waals surface area contributed by atoms with Crippen LogP contribution in [0.4, 0.5) is 5.82 Å². The largest absolute Gasteiger partial charge is 0.377 e. The number of ether oxygens (including phenoxy) is 2. The molecule has 4 aromatic rings. The highest BCUT2D eigenvalue weighted by atomic mass is 16.5. The van der Waals surface area contributed by atoms with E-state index in [0.29, 0.717) is 18.8 Å². The number of piperidine rings is 1. The molecule has 0 amide bonds. The molecule has 1 aliphatic heterocycles. The van der Waals surface area contributed by atoms with Crippen molar-refractivity contribution in [2.24, 2.45) is 7.05 Å². The second-order valence-corrected chi connectivity index (χ2v) is 9.01. The number of pyridine rings is 2. The minimum atomic E-state index is 0.259. The van der Waals surface area contributed by atoms with E-state index in [9.17, 15) is 5.26 Å². The van der Waals surface area contributed by atoms with Gasteiger partial charge in [-0.05, 0) is 31.0 Å². The monoisotopic (exact) mass is 495 g/mol. The maximum atomic E-state index is 9.66. The highest BCUT2D eigenvalue weighted by Gasteiger charge is 2.21. The maximum absolute atomic E-state index is 9.66. The highest BCUT2D eigenvalue weighted by Crippen LogP contribution is 2.32. The van der Waals surface area contributed by atoms with Crippen LogP contribution in [0, 0.1) is 23.2 Å². The van der Waals surface area contributed by atoms with Crippen LogP contribution in [0.25, 0.3) is 27.8 Å². The average Bonchev–Trinajstić information content (AvgIpc) is 3.56. The number of nitrogens with zero attached hydrogens (tertiary/aromatic N) is 7. The first-order valence-corrected chi connectivity index (χ1v) is 12.3. The molecule has 4 aromatic heterocycles. The molecule has 0 unspecified atom stereocenters. The van der Waals surface area contributed by atoms with Crippen molar-refractivity contribution in [3.05, 3.63) is 54.7 Å². The molecule has 0 aliphatic carbocycles. The Hall–Kier alpha value is -4.18. The van der Waals surface area contributed by atoms with Crippen molar-refractivity contribution in [3.63, 3.8) is 0 Å². The Morgan fingerprint density at radius 1 is 1.03 bits per heavy atom. The molecule has 5 heterocycles. The van der Waals surface area contributed by atoms with Crippen molar-refractivity contribution in [2.45, 2.75) is 25.4 Å². The van der Waals surface area contributed by atoms with E-state index in [-0.39, 0.29) is 6.10 Å². The maximum Gasteiger partial charge on any atom is 0.128 e. The van der Waals surface area contributed by atoms with Crippen LogP contribution in [0.1, 0.15) is 24.8 Å². The zero-order valence-corrected chi connectivity index (χ0v) is 21.1. The Kier molecular flexibility index (Phi) is 7.46. The number of hydrogen-bond acceptors (Lipinski definition) is 7. The van der Waals surface area contributed by atoms with Gasteiger partial charge in [0.2, 0.25) is 0 Å². The van der Waals surface area contributed by atoms with Crippen LogP contribution in [0.5, 0.6) is 0 Å². The van der Waals surface area contributed by atoms with Gasteiger partial charge in [0.15, 0.2) is 0 Å². The predicted octanol–water partition coefficient (Wildman–Crippen LogP) is 3.69. The Balaban J connectivity index is 1.30. The molecule has 0 spiro atoms. The van der Waals surface area contributed by atoms with E-state index >= 15 is 0 Å². The fraction of sp³-hybridized carbons (Fsp3) is 0.357. The first-order valence-electron chi connectivity index (χ1n) is 12.3. The van der Waals surface area contributed by atoms with Crippen molar-refractivity contribution in [2.75, 3.05) is 38.3 Å². The van der Waals surface area contributed by atoms with Gasteiger partial charge in [-0.1, -0.05) is 11.8 Å². The molecule has 9 heteroatoms. The van der Waals surface area contributed by atoms with Crippen molar-refractivity contribution >= 4 is 11.3 Å². The molecule has 0 N–H and O–H groups in total. The number of anilines is 1. The van der Waals surface area contributed by atoms with Gasteiger partial charge in [-0.25, -0.2) is 9.50 Å². The van der Waals surface area contributed by atoms with Crippen molar-refractivity contribution in [1.29, 1.82) is 5.26 Å². The molecule has 0 radical (unpaired) electrons. The number of aromatic nitrogens is 5. The van der Waals surface area contributed by atoms with E-state index in [0.717, 1.165) is 65.9 Å². The van der Waals surface area contributed by atoms with Crippen molar-refractivity contribution in [3.8, 4) is 40.2 Å². The fourth-order valence-electron chi connectivity index (χ4n) is 4.62. The molecule has 1 fully saturated rings. The van der Waals surface area contributed by atoms with E-state index in [4.69, 9.17) is 14.5 Å². The van der Waals surface area contributed by atoms with Gasteiger partial charge < -0.3 is 14.4 Å². The molecule has 5 rings (SSSR count). The number of rotatable bonds is 7. The standard InChI is InChI=1S/C28H29N7O2/c1-33-19-24(18-31-33)22-14-26(28-23(15-29)17-32-35(28)20-22)21-6-7-27(30-16-21)34-10-8-25(9-11-34)37-13-5-3-4-12-36-2/h6-7,14,16-20,25H,5,8-13H2,1-2H3. The highest BCUT2D eigenvalue weighted by molar-refractivity contribution is 5.87. The van der Waals surface area contributed by atoms with Crippen LogP contribution < -0.4 is 4.90 Å². The Bertz CT molecular complexity index is 1460. The normalized spacial score (nSPS) is 13.9. The molecule has 188 valence electrons. The lowest BCUT2D eigenvalue weighted by Crippen LogP contribution is -2.37. The molecule has 0 atom stereocenters. The molecular formula is C28H29N7O2. The predicted molar refractivity (Wildman–Crippen MR) is 141 cm³/mol. The molecule has 1 saturated heterocycles. The summed E-state index contributed by atoms with van der Waals surface area (Å²) < 4.78 is 14.5. The Morgan fingerprint density at radius 2 is 1.89 bits per heavy atom. The van der Waals surface area contributed by atoms with E-state index in [1.807, 2.05) is 31.8 Å². The molecular weight excluding hydrogens is 466 g/mol. The summed E-state index contributed by atoms with van der Waals surface area (Å²) in [6.07, 6.45) is 12.1. The Morgan fingerprint density at radius 3 is 2.59 bits per heavy atom. The SMILES string of the molecule is COCC#CCCOC1CCN(c2ccc(-c3cc(-c4cnn(C)c4)cn4ncc(C#N)c34)cn2)CC1. The van der Waals surface area contributed by atoms with Gasteiger partial charge in [0.1, 0.15) is 18.5 Å². The second kappa shape index (κ2) is 11.3. The lowest BCUT2D eigenvalue weighted by molar-refractivity contribution is 0.0407. The van der Waals surface area contributed by atoms with Gasteiger partial charge in [-0.3, -0.25) is 4.68 Å². The fourth-order valence-corrected chi connectivity index (χ4v) is 4.62. The van der Waals surface area contributed by atoms with Crippen LogP contribution in [-0.2, 0) is 16.5 Å². The summed E-state index contributed by atoms with van der Waals surface area (Å²) in [4.78, 5) is 7.08. The van der Waals surface area contributed by atoms with Crippen LogP contribution in [-0.4, -0.2) is 63.9 Å². The van der Waals surface area contributed by atoms with E-state index in [1.165, 1.54) is 0 Å². The number of aryl methyl sites for hydroxylation is 1. The minimum absolute atomic E-state index is 0.259. The lowest BCUT2D eigenvalue weighted by atomic mass is 10.0. The van der Waals surface area contributed by atoms with Gasteiger partial charge in [-0.15, -0.1) is 0 Å². The smallest absolute Gasteiger partial charge is 0.128 e. The average molecular weight is 496 g/mol. The third kappa shape index (κ3) is 5.49. The van der Waals surface area contributed by atoms with Crippen molar-refractivity contribution in [1.82, 2.24) is 24.4 Å². The van der Waals surface area contributed by atoms with Crippen LogP contribution in [0.15, 0.2) is 49.2 Å². The molecule has 0 aromatic carbocycles. The molecule has 0 saturated carbocycles. The first kappa shape index (κ1) is 24.5. The summed E-state index contributed by atoms with van der Waals surface area (Å²) in [5.41, 5.74) is 5.10. The number of methoxy groups -OCH3 is 1. The lowest BCUT2D eigenvalue weighted by Gasteiger charge is -2.32. The third-order valence-corrected chi connectivity index (χ3v) is 6.52. The number of fused-ring (bicyclic) bond motifs is 1. The van der Waals surface area contributed by atoms with Gasteiger partial charge in [0.25, 0.3) is 0 Å². The van der Waals surface area contributed by atoms with Crippen molar-refractivity contribution < 1.29 is 9.47 Å². The van der Waals surface area contributed by atoms with E-state index < -0.39 is 0 Å². The van der Waals surface area contributed by atoms with Gasteiger partial charge >= 0.3 is 0 Å². The van der Waals surface area contributed by atoms with Gasteiger partial charge in [0.05, 0.1) is 36.2 Å². The summed E-state index contributed by atoms with van der Waals surface area (Å²) in [7, 11) is 3.53. The first-order chi connectivity index (χ1) is 18.2. The second-order valence-electron chi connectivity index (χ2n) is 9.01. The summed E-state index contributed by atoms with van der Waals surface area (Å²) in [6, 6.07) is 8.46. The molecule has 1 aliphatic rings. The van der Waals surface area contributed by atoms with E-state index in [2.05, 4.69) is 51.2 Å². The number of nitriles is 1. The number of hydrogen-bond donors (Lipinski definition) is 0. The summed E-state index contributed by atoms with van der Waals surface area (Å²) in [5, 5.41) is 18.4. The van der Waals surface area contributed by atoms with Crippen LogP contribution in [0.3, 0.4) is 0 Å². The summed E-state index contributed by atoms with van der Waals surface area (Å²) in [6.45, 7) is 2.91. The zero-order chi connectivity index (χ0) is 25.6. The topological polar surface area (TPSA) is 93.5 Å².